The van der Waals surface area contributed by atoms with Gasteiger partial charge in [-0.25, -0.2) is 9.37 Å². The van der Waals surface area contributed by atoms with Crippen molar-refractivity contribution in [3.63, 3.8) is 0 Å². The fraction of sp³-hybridized carbons (Fsp3) is 0.486. The van der Waals surface area contributed by atoms with Crippen LogP contribution in [0.4, 0.5) is 10.1 Å². The quantitative estimate of drug-likeness (QED) is 0.175. The normalized spacial score (nSPS) is 27.5. The summed E-state index contributed by atoms with van der Waals surface area (Å²) in [7, 11) is -4.00. The fourth-order valence-electron chi connectivity index (χ4n) is 8.48. The van der Waals surface area contributed by atoms with Gasteiger partial charge < -0.3 is 26.0 Å². The van der Waals surface area contributed by atoms with Crippen LogP contribution in [0.2, 0.25) is 10.2 Å². The molecule has 2 amide bonds. The third-order valence-electron chi connectivity index (χ3n) is 11.2. The van der Waals surface area contributed by atoms with Crippen LogP contribution < -0.4 is 16.0 Å². The first kappa shape index (κ1) is 41.0. The Balaban J connectivity index is 0.000000428. The van der Waals surface area contributed by atoms with E-state index in [4.69, 9.17) is 32.5 Å². The number of rotatable bonds is 5. The van der Waals surface area contributed by atoms with E-state index >= 15 is 4.39 Å². The Morgan fingerprint density at radius 2 is 1.75 bits per heavy atom. The van der Waals surface area contributed by atoms with E-state index in [0.717, 1.165) is 12.8 Å². The van der Waals surface area contributed by atoms with Crippen LogP contribution in [0.5, 0.6) is 0 Å². The standard InChI is InChI=1S/C31H37Cl2FN4O4.C6H6O3S.H2O/c1-16(39)22-7-5-18(15-42-22)36-27(40)25-23(19-8-13-35-26(33)24(19)34)31(30(38-25)11-9-29(2,3)10-12-30)20-6-4-17(32)14-21(20)37-28(31)41;7-10(8,9)6-4-2-1-3-5-6;/h4,6,8,13-14,16,18,22-23,25,38-39H,5,7,9-12,15H2,1-3H3,(H,36,40)(H,37,41);1-5H,(H,7,8,9);1H2/t16?,18-,22+,23+,25-,31-;;/m1../s1. The molecule has 2 aromatic carbocycles. The van der Waals surface area contributed by atoms with E-state index in [9.17, 15) is 23.1 Å². The topological polar surface area (TPSA) is 198 Å². The minimum Gasteiger partial charge on any atom is -0.412 e. The number of halogens is 3. The first-order valence-corrected chi connectivity index (χ1v) is 19.5. The third-order valence-corrected chi connectivity index (χ3v) is 12.6. The molecule has 7 rings (SSSR count). The van der Waals surface area contributed by atoms with E-state index in [2.05, 4.69) is 34.8 Å². The van der Waals surface area contributed by atoms with Gasteiger partial charge in [0.2, 0.25) is 11.8 Å². The highest BCUT2D eigenvalue weighted by atomic mass is 35.5. The molecule has 0 radical (unpaired) electrons. The number of pyridine rings is 1. The van der Waals surface area contributed by atoms with Gasteiger partial charge in [-0.15, -0.1) is 0 Å². The molecule has 1 aliphatic carbocycles. The first-order valence-electron chi connectivity index (χ1n) is 17.3. The summed E-state index contributed by atoms with van der Waals surface area (Å²) in [4.78, 5) is 32.6. The molecular weight excluding hydrogens is 750 g/mol. The van der Waals surface area contributed by atoms with Crippen LogP contribution in [0.3, 0.4) is 0 Å². The van der Waals surface area contributed by atoms with Crippen LogP contribution in [0.25, 0.3) is 0 Å². The maximum atomic E-state index is 16.0. The van der Waals surface area contributed by atoms with Crippen molar-refractivity contribution in [1.29, 1.82) is 0 Å². The van der Waals surface area contributed by atoms with Crippen molar-refractivity contribution in [1.82, 2.24) is 15.6 Å². The minimum atomic E-state index is -4.00. The van der Waals surface area contributed by atoms with Crippen LogP contribution in [0.1, 0.15) is 76.3 Å². The molecule has 3 aromatic rings. The second kappa shape index (κ2) is 15.5. The Morgan fingerprint density at radius 1 is 1.08 bits per heavy atom. The smallest absolute Gasteiger partial charge is 0.294 e. The zero-order valence-electron chi connectivity index (χ0n) is 29.5. The molecule has 12 nitrogen and oxygen atoms in total. The number of aromatic nitrogens is 1. The lowest BCUT2D eigenvalue weighted by atomic mass is 9.53. The van der Waals surface area contributed by atoms with Crippen molar-refractivity contribution >= 4 is 50.8 Å². The Hall–Kier alpha value is -3.21. The van der Waals surface area contributed by atoms with Gasteiger partial charge in [-0.05, 0) is 92.3 Å². The van der Waals surface area contributed by atoms with E-state index in [0.29, 0.717) is 42.0 Å². The van der Waals surface area contributed by atoms with Crippen LogP contribution in [-0.4, -0.2) is 76.8 Å². The van der Waals surface area contributed by atoms with Crippen LogP contribution in [0, 0.1) is 11.2 Å². The average Bonchev–Trinajstić information content (AvgIpc) is 3.56. The number of ether oxygens (including phenoxy) is 1. The Labute approximate surface area is 318 Å². The predicted octanol–water partition coefficient (Wildman–Crippen LogP) is 4.97. The summed E-state index contributed by atoms with van der Waals surface area (Å²) in [6.45, 7) is 6.35. The monoisotopic (exact) mass is 794 g/mol. The number of nitrogens with one attached hydrogen (secondary N) is 3. The number of fused-ring (bicyclic) bond motifs is 3. The second-order valence-corrected chi connectivity index (χ2v) is 17.2. The Bertz CT molecular complexity index is 1940. The highest BCUT2D eigenvalue weighted by Crippen LogP contribution is 2.64. The fourth-order valence-corrected chi connectivity index (χ4v) is 9.32. The summed E-state index contributed by atoms with van der Waals surface area (Å²) >= 11 is 12.6. The molecule has 3 aliphatic heterocycles. The zero-order chi connectivity index (χ0) is 37.6. The molecule has 0 bridgehead atoms. The molecule has 53 heavy (non-hydrogen) atoms. The van der Waals surface area contributed by atoms with Gasteiger partial charge >= 0.3 is 0 Å². The number of benzene rings is 2. The molecule has 2 saturated heterocycles. The third kappa shape index (κ3) is 7.70. The zero-order valence-corrected chi connectivity index (χ0v) is 31.9. The van der Waals surface area contributed by atoms with E-state index in [1.165, 1.54) is 24.4 Å². The van der Waals surface area contributed by atoms with Crippen molar-refractivity contribution in [2.24, 2.45) is 5.41 Å². The number of carbonyl (C=O) groups is 2. The van der Waals surface area contributed by atoms with Crippen molar-refractivity contribution in [2.75, 3.05) is 11.9 Å². The van der Waals surface area contributed by atoms with E-state index < -0.39 is 45.0 Å². The molecule has 3 fully saturated rings. The number of aliphatic hydroxyl groups excluding tert-OH is 1. The molecule has 1 saturated carbocycles. The van der Waals surface area contributed by atoms with Gasteiger partial charge in [0.25, 0.3) is 10.1 Å². The van der Waals surface area contributed by atoms with Gasteiger partial charge in [0.1, 0.15) is 5.41 Å². The number of amides is 2. The molecule has 7 N–H and O–H groups in total. The van der Waals surface area contributed by atoms with Gasteiger partial charge in [0.05, 0.1) is 35.8 Å². The van der Waals surface area contributed by atoms with Crippen molar-refractivity contribution in [3.05, 3.63) is 87.9 Å². The maximum Gasteiger partial charge on any atom is 0.294 e. The highest BCUT2D eigenvalue weighted by Gasteiger charge is 2.73. The summed E-state index contributed by atoms with van der Waals surface area (Å²) in [6.07, 6.45) is 4.60. The first-order chi connectivity index (χ1) is 24.5. The lowest BCUT2D eigenvalue weighted by molar-refractivity contribution is -0.126. The number of hydrogen-bond donors (Lipinski definition) is 5. The molecule has 6 atom stereocenters. The number of carbonyl (C=O) groups excluding carboxylic acids is 2. The summed E-state index contributed by atoms with van der Waals surface area (Å²) in [5.41, 5.74) is -0.699. The van der Waals surface area contributed by atoms with Crippen molar-refractivity contribution in [3.8, 4) is 0 Å². The number of hydrogen-bond acceptors (Lipinski definition) is 8. The lowest BCUT2D eigenvalue weighted by Crippen LogP contribution is -2.61. The minimum absolute atomic E-state index is 0. The van der Waals surface area contributed by atoms with Crippen LogP contribution >= 0.6 is 23.2 Å². The van der Waals surface area contributed by atoms with Gasteiger partial charge in [-0.1, -0.05) is 61.3 Å². The van der Waals surface area contributed by atoms with Crippen LogP contribution in [0.15, 0.2) is 65.7 Å². The maximum absolute atomic E-state index is 16.0. The number of aliphatic hydroxyl groups is 1. The Kier molecular flexibility index (Phi) is 12.0. The summed E-state index contributed by atoms with van der Waals surface area (Å²) in [5, 5.41) is 19.9. The lowest BCUT2D eigenvalue weighted by Gasteiger charge is -2.50. The molecule has 4 aliphatic rings. The van der Waals surface area contributed by atoms with E-state index in [1.54, 1.807) is 37.3 Å². The van der Waals surface area contributed by atoms with Crippen molar-refractivity contribution in [2.45, 2.75) is 105 Å². The van der Waals surface area contributed by atoms with Gasteiger partial charge in [-0.3, -0.25) is 19.5 Å². The predicted molar refractivity (Wildman–Crippen MR) is 198 cm³/mol. The summed E-state index contributed by atoms with van der Waals surface area (Å²) < 4.78 is 51.1. The average molecular weight is 796 g/mol. The van der Waals surface area contributed by atoms with Gasteiger partial charge in [-0.2, -0.15) is 8.42 Å². The van der Waals surface area contributed by atoms with Gasteiger partial charge in [0, 0.05) is 28.4 Å². The SMILES string of the molecule is CC(O)[C@@H]1CC[C@@H](NC(=O)[C@@H]2NC3(CCC(C)(C)CC3)[C@@]3(C(=O)Nc4cc(Cl)ccc43)[C@H]2c2ccnc(Cl)c2F)CO1.O.O=S(=O)(O)c1ccccc1. The molecular formula is C37H45Cl2FN4O8S. The largest absolute Gasteiger partial charge is 0.412 e. The summed E-state index contributed by atoms with van der Waals surface area (Å²) in [6, 6.07) is 13.0. The highest BCUT2D eigenvalue weighted by molar-refractivity contribution is 7.85. The number of nitrogens with zero attached hydrogens (tertiary/aromatic N) is 1. The second-order valence-electron chi connectivity index (χ2n) is 15.0. The van der Waals surface area contributed by atoms with Crippen molar-refractivity contribution < 1.29 is 42.3 Å². The molecule has 16 heteroatoms. The van der Waals surface area contributed by atoms with Crippen LogP contribution in [-0.2, 0) is 29.9 Å². The molecule has 4 heterocycles. The van der Waals surface area contributed by atoms with Gasteiger partial charge in [0.15, 0.2) is 11.0 Å². The molecule has 288 valence electrons. The summed E-state index contributed by atoms with van der Waals surface area (Å²) in [5.74, 6) is -2.31. The molecule has 1 aromatic heterocycles. The van der Waals surface area contributed by atoms with E-state index in [-0.39, 0.29) is 57.1 Å². The molecule has 2 spiro atoms. The van der Waals surface area contributed by atoms with E-state index in [1.807, 2.05) is 6.07 Å². The Morgan fingerprint density at radius 3 is 2.34 bits per heavy atom. The molecule has 1 unspecified atom stereocenters. The number of anilines is 1.